The minimum atomic E-state index is -6.37. The number of carbonyl (C=O) groups excluding carboxylic acids is 1. The summed E-state index contributed by atoms with van der Waals surface area (Å²) in [5.41, 5.74) is -5.05. The van der Waals surface area contributed by atoms with Crippen LogP contribution in [0.25, 0.3) is 0 Å². The van der Waals surface area contributed by atoms with Crippen LogP contribution in [0.1, 0.15) is 5.56 Å². The number of nitrogens with one attached hydrogen (secondary N) is 2. The van der Waals surface area contributed by atoms with Crippen molar-refractivity contribution < 1.29 is 45.4 Å². The predicted octanol–water partition coefficient (Wildman–Crippen LogP) is 3.81. The van der Waals surface area contributed by atoms with Gasteiger partial charge in [-0.15, -0.1) is 0 Å². The Morgan fingerprint density at radius 1 is 0.920 bits per heavy atom. The van der Waals surface area contributed by atoms with Crippen molar-refractivity contribution in [2.75, 3.05) is 5.43 Å². The van der Waals surface area contributed by atoms with Gasteiger partial charge in [0.15, 0.2) is 0 Å². The zero-order valence-electron chi connectivity index (χ0n) is 11.3. The van der Waals surface area contributed by atoms with E-state index in [1.807, 2.05) is 0 Å². The molecule has 0 aliphatic rings. The molecule has 0 spiro atoms. The Hall–Kier alpha value is -1.95. The minimum Gasteiger partial charge on any atom is -0.474 e. The van der Waals surface area contributed by atoms with Crippen LogP contribution in [0.4, 0.5) is 36.4 Å². The normalized spacial score (nSPS) is 12.7. The summed E-state index contributed by atoms with van der Waals surface area (Å²) in [7, 11) is 0. The number of halogens is 9. The molecule has 1 amide bonds. The van der Waals surface area contributed by atoms with Gasteiger partial charge < -0.3 is 5.11 Å². The molecule has 0 radical (unpaired) electrons. The highest BCUT2D eigenvalue weighted by molar-refractivity contribution is 6.39. The fourth-order valence-electron chi connectivity index (χ4n) is 1.55. The summed E-state index contributed by atoms with van der Waals surface area (Å²) in [6.45, 7) is 0. The third-order valence-corrected chi connectivity index (χ3v) is 3.31. The number of carboxylic acids is 1. The lowest BCUT2D eigenvalue weighted by molar-refractivity contribution is -0.348. The highest BCUT2D eigenvalue weighted by atomic mass is 35.5. The average Bonchev–Trinajstić information content (AvgIpc) is 2.42. The Morgan fingerprint density at radius 3 is 1.64 bits per heavy atom. The molecule has 0 aliphatic heterocycles. The van der Waals surface area contributed by atoms with E-state index < -0.39 is 51.2 Å². The van der Waals surface area contributed by atoms with Gasteiger partial charge in [0.1, 0.15) is 0 Å². The quantitative estimate of drug-likeness (QED) is 0.397. The number of anilines is 1. The summed E-state index contributed by atoms with van der Waals surface area (Å²) in [4.78, 5) is 21.1. The van der Waals surface area contributed by atoms with E-state index in [1.165, 1.54) is 5.43 Å². The first-order valence-corrected chi connectivity index (χ1v) is 6.49. The molecule has 1 aromatic carbocycles. The van der Waals surface area contributed by atoms with Gasteiger partial charge >= 0.3 is 29.9 Å². The van der Waals surface area contributed by atoms with Crippen molar-refractivity contribution in [1.29, 1.82) is 0 Å². The summed E-state index contributed by atoms with van der Waals surface area (Å²) in [6, 6.07) is -0.0205. The van der Waals surface area contributed by atoms with E-state index in [0.29, 0.717) is 0 Å². The van der Waals surface area contributed by atoms with Crippen molar-refractivity contribution in [3.63, 3.8) is 0 Å². The van der Waals surface area contributed by atoms with Crippen LogP contribution in [0.2, 0.25) is 10.0 Å². The SMILES string of the molecule is O=C(O)C(=O)NNc1c(Cl)cc(C(F)(C(F)(F)F)C(F)(F)F)cc1Cl. The molecule has 140 valence electrons. The number of carbonyl (C=O) groups is 2. The summed E-state index contributed by atoms with van der Waals surface area (Å²) in [6.07, 6.45) is -12.7. The Morgan fingerprint density at radius 2 is 1.32 bits per heavy atom. The number of hydrogen-bond acceptors (Lipinski definition) is 3. The average molecular weight is 417 g/mol. The van der Waals surface area contributed by atoms with E-state index in [4.69, 9.17) is 28.3 Å². The predicted molar refractivity (Wildman–Crippen MR) is 70.8 cm³/mol. The second-order valence-electron chi connectivity index (χ2n) is 4.35. The lowest BCUT2D eigenvalue weighted by Gasteiger charge is -2.30. The maximum atomic E-state index is 13.9. The van der Waals surface area contributed by atoms with E-state index >= 15 is 0 Å². The molecule has 0 fully saturated rings. The van der Waals surface area contributed by atoms with Crippen LogP contribution in [0.15, 0.2) is 12.1 Å². The van der Waals surface area contributed by atoms with E-state index in [-0.39, 0.29) is 12.1 Å². The molecular formula is C11H5Cl2F7N2O3. The molecule has 0 saturated heterocycles. The Kier molecular flexibility index (Phi) is 5.69. The van der Waals surface area contributed by atoms with Gasteiger partial charge in [-0.1, -0.05) is 23.2 Å². The molecule has 3 N–H and O–H groups in total. The van der Waals surface area contributed by atoms with Crippen molar-refractivity contribution in [3.8, 4) is 0 Å². The Labute approximate surface area is 143 Å². The van der Waals surface area contributed by atoms with Crippen LogP contribution in [-0.4, -0.2) is 29.3 Å². The fourth-order valence-corrected chi connectivity index (χ4v) is 2.13. The third kappa shape index (κ3) is 4.00. The lowest BCUT2D eigenvalue weighted by Crippen LogP contribution is -2.50. The Bertz CT molecular complexity index is 669. The van der Waals surface area contributed by atoms with Gasteiger partial charge in [0.05, 0.1) is 15.7 Å². The maximum absolute atomic E-state index is 13.9. The van der Waals surface area contributed by atoms with Gasteiger partial charge in [-0.25, -0.2) is 9.18 Å². The van der Waals surface area contributed by atoms with Crippen molar-refractivity contribution in [2.24, 2.45) is 0 Å². The van der Waals surface area contributed by atoms with E-state index in [1.54, 1.807) is 5.43 Å². The van der Waals surface area contributed by atoms with Crippen molar-refractivity contribution in [1.82, 2.24) is 5.43 Å². The molecule has 0 unspecified atom stereocenters. The lowest BCUT2D eigenvalue weighted by atomic mass is 9.94. The molecule has 1 rings (SSSR count). The second kappa shape index (κ2) is 6.75. The zero-order chi connectivity index (χ0) is 19.8. The molecule has 0 aromatic heterocycles. The van der Waals surface area contributed by atoms with E-state index in [9.17, 15) is 40.3 Å². The summed E-state index contributed by atoms with van der Waals surface area (Å²) < 4.78 is 90.0. The summed E-state index contributed by atoms with van der Waals surface area (Å²) >= 11 is 10.9. The summed E-state index contributed by atoms with van der Waals surface area (Å²) in [5, 5.41) is 6.43. The second-order valence-corrected chi connectivity index (χ2v) is 5.17. The number of benzene rings is 1. The molecule has 25 heavy (non-hydrogen) atoms. The van der Waals surface area contributed by atoms with Crippen LogP contribution in [0.5, 0.6) is 0 Å². The highest BCUT2D eigenvalue weighted by Crippen LogP contribution is 2.54. The first kappa shape index (κ1) is 21.1. The standard InChI is InChI=1S/C11H5Cl2F7N2O3/c12-4-1-3(9(14,10(15,16)17)11(18,19)20)2-5(13)6(4)21-22-7(23)8(24)25/h1-2,21H,(H,22,23)(H,24,25). The maximum Gasteiger partial charge on any atom is 0.435 e. The van der Waals surface area contributed by atoms with Crippen LogP contribution in [0.3, 0.4) is 0 Å². The Balaban J connectivity index is 3.38. The third-order valence-electron chi connectivity index (χ3n) is 2.72. The molecular weight excluding hydrogens is 412 g/mol. The van der Waals surface area contributed by atoms with Gasteiger partial charge in [-0.05, 0) is 12.1 Å². The number of carboxylic acid groups (broad SMARTS) is 1. The largest absolute Gasteiger partial charge is 0.474 e. The van der Waals surface area contributed by atoms with Crippen LogP contribution < -0.4 is 10.9 Å². The monoisotopic (exact) mass is 416 g/mol. The minimum absolute atomic E-state index is 0.0102. The number of aliphatic carboxylic acids is 1. The van der Waals surface area contributed by atoms with Gasteiger partial charge in [0, 0.05) is 5.56 Å². The van der Waals surface area contributed by atoms with Gasteiger partial charge in [-0.2, -0.15) is 26.3 Å². The number of hydrazine groups is 1. The van der Waals surface area contributed by atoms with Gasteiger partial charge in [0.2, 0.25) is 0 Å². The highest BCUT2D eigenvalue weighted by Gasteiger charge is 2.73. The molecule has 0 saturated carbocycles. The van der Waals surface area contributed by atoms with Crippen molar-refractivity contribution in [3.05, 3.63) is 27.7 Å². The molecule has 1 aromatic rings. The zero-order valence-corrected chi connectivity index (χ0v) is 12.8. The molecule has 0 atom stereocenters. The molecule has 5 nitrogen and oxygen atoms in total. The van der Waals surface area contributed by atoms with Crippen LogP contribution in [-0.2, 0) is 15.3 Å². The van der Waals surface area contributed by atoms with E-state index in [0.717, 1.165) is 0 Å². The van der Waals surface area contributed by atoms with Crippen molar-refractivity contribution >= 4 is 40.8 Å². The summed E-state index contributed by atoms with van der Waals surface area (Å²) in [5.74, 6) is -3.60. The van der Waals surface area contributed by atoms with Crippen molar-refractivity contribution in [2.45, 2.75) is 18.0 Å². The topological polar surface area (TPSA) is 78.4 Å². The van der Waals surface area contributed by atoms with Gasteiger partial charge in [-0.3, -0.25) is 15.6 Å². The van der Waals surface area contributed by atoms with E-state index in [2.05, 4.69) is 0 Å². The smallest absolute Gasteiger partial charge is 0.435 e. The molecule has 0 aliphatic carbocycles. The number of amides is 1. The number of rotatable bonds is 3. The number of hydrogen-bond donors (Lipinski definition) is 3. The first-order valence-electron chi connectivity index (χ1n) is 5.74. The van der Waals surface area contributed by atoms with Gasteiger partial charge in [0.25, 0.3) is 0 Å². The van der Waals surface area contributed by atoms with Crippen LogP contribution >= 0.6 is 23.2 Å². The molecule has 0 bridgehead atoms. The van der Waals surface area contributed by atoms with Crippen LogP contribution in [0, 0.1) is 0 Å². The molecule has 14 heteroatoms. The molecule has 0 heterocycles. The number of alkyl halides is 7. The fraction of sp³-hybridized carbons (Fsp3) is 0.273. The first-order chi connectivity index (χ1) is 11.1.